The maximum Gasteiger partial charge on any atom is 0.275 e. The third-order valence-electron chi connectivity index (χ3n) is 5.65. The van der Waals surface area contributed by atoms with Crippen LogP contribution >= 0.6 is 0 Å². The fraction of sp³-hybridized carbons (Fsp3) is 0.500. The number of nitrogens with one attached hydrogen (secondary N) is 2. The van der Waals surface area contributed by atoms with Gasteiger partial charge in [-0.25, -0.2) is 0 Å². The Balaban J connectivity index is 1.41. The standard InChI is InChI=1S/C20H26N4O2/c1-24(13-18-15-10-6-3-7-11-16(15)21-22-18)20(25)17-12-19(26-23-17)14-8-4-2-5-9-14/h2,4-5,8-9,12,15-16,18,21-22H,3,6-7,10-11,13H2,1H3. The van der Waals surface area contributed by atoms with Gasteiger partial charge in [0.1, 0.15) is 0 Å². The van der Waals surface area contributed by atoms with E-state index in [0.29, 0.717) is 30.0 Å². The molecule has 2 heterocycles. The lowest BCUT2D eigenvalue weighted by molar-refractivity contribution is 0.0764. The first kappa shape index (κ1) is 17.2. The molecule has 2 aromatic rings. The van der Waals surface area contributed by atoms with Crippen molar-refractivity contribution >= 4 is 5.91 Å². The number of aromatic nitrogens is 1. The van der Waals surface area contributed by atoms with Gasteiger partial charge >= 0.3 is 0 Å². The SMILES string of the molecule is CN(CC1NNC2CCCCCC21)C(=O)c1cc(-c2ccccc2)on1. The van der Waals surface area contributed by atoms with Crippen LogP contribution < -0.4 is 10.9 Å². The van der Waals surface area contributed by atoms with Gasteiger partial charge in [-0.1, -0.05) is 54.8 Å². The molecule has 0 radical (unpaired) electrons. The first-order valence-corrected chi connectivity index (χ1v) is 9.51. The van der Waals surface area contributed by atoms with Gasteiger partial charge < -0.3 is 9.42 Å². The van der Waals surface area contributed by atoms with Crippen LogP contribution in [0.4, 0.5) is 0 Å². The van der Waals surface area contributed by atoms with Crippen LogP contribution in [-0.2, 0) is 0 Å². The van der Waals surface area contributed by atoms with Crippen LogP contribution in [0.1, 0.15) is 42.6 Å². The minimum atomic E-state index is -0.102. The van der Waals surface area contributed by atoms with E-state index in [1.807, 2.05) is 37.4 Å². The molecule has 1 aromatic heterocycles. The van der Waals surface area contributed by atoms with E-state index in [0.717, 1.165) is 5.56 Å². The van der Waals surface area contributed by atoms with Gasteiger partial charge in [0.25, 0.3) is 5.91 Å². The molecule has 2 aliphatic rings. The van der Waals surface area contributed by atoms with Crippen molar-refractivity contribution in [1.82, 2.24) is 20.9 Å². The molecule has 4 rings (SSSR count). The minimum absolute atomic E-state index is 0.102. The summed E-state index contributed by atoms with van der Waals surface area (Å²) in [4.78, 5) is 14.5. The molecule has 6 heteroatoms. The Bertz CT molecular complexity index is 745. The summed E-state index contributed by atoms with van der Waals surface area (Å²) in [7, 11) is 1.84. The van der Waals surface area contributed by atoms with E-state index in [1.54, 1.807) is 11.0 Å². The van der Waals surface area contributed by atoms with Crippen molar-refractivity contribution in [3.05, 3.63) is 42.1 Å². The Hall–Kier alpha value is -2.18. The number of carbonyl (C=O) groups excluding carboxylic acids is 1. The second-order valence-electron chi connectivity index (χ2n) is 7.43. The average molecular weight is 354 g/mol. The quantitative estimate of drug-likeness (QED) is 0.883. The molecule has 2 N–H and O–H groups in total. The summed E-state index contributed by atoms with van der Waals surface area (Å²) < 4.78 is 5.37. The molecule has 3 atom stereocenters. The van der Waals surface area contributed by atoms with Crippen molar-refractivity contribution in [2.45, 2.75) is 44.2 Å². The molecular formula is C20H26N4O2. The van der Waals surface area contributed by atoms with Gasteiger partial charge in [0.05, 0.1) is 0 Å². The maximum atomic E-state index is 12.8. The summed E-state index contributed by atoms with van der Waals surface area (Å²) in [5, 5.41) is 3.98. The van der Waals surface area contributed by atoms with Crippen LogP contribution in [0.15, 0.2) is 40.9 Å². The van der Waals surface area contributed by atoms with Crippen molar-refractivity contribution in [3.8, 4) is 11.3 Å². The topological polar surface area (TPSA) is 70.4 Å². The van der Waals surface area contributed by atoms with E-state index in [1.165, 1.54) is 32.1 Å². The molecule has 26 heavy (non-hydrogen) atoms. The van der Waals surface area contributed by atoms with Gasteiger partial charge in [0.15, 0.2) is 11.5 Å². The smallest absolute Gasteiger partial charge is 0.275 e. The van der Waals surface area contributed by atoms with Crippen molar-refractivity contribution in [2.24, 2.45) is 5.92 Å². The lowest BCUT2D eigenvalue weighted by Gasteiger charge is -2.25. The molecule has 1 aliphatic carbocycles. The van der Waals surface area contributed by atoms with Gasteiger partial charge in [-0.3, -0.25) is 15.6 Å². The van der Waals surface area contributed by atoms with E-state index < -0.39 is 0 Å². The predicted octanol–water partition coefficient (Wildman–Crippen LogP) is 2.84. The highest BCUT2D eigenvalue weighted by Gasteiger charge is 2.37. The highest BCUT2D eigenvalue weighted by Crippen LogP contribution is 2.29. The van der Waals surface area contributed by atoms with Gasteiger partial charge in [0.2, 0.25) is 0 Å². The van der Waals surface area contributed by atoms with E-state index in [9.17, 15) is 4.79 Å². The molecule has 1 saturated carbocycles. The van der Waals surface area contributed by atoms with Gasteiger partial charge in [0, 0.05) is 37.3 Å². The molecule has 138 valence electrons. The number of carbonyl (C=O) groups is 1. The summed E-state index contributed by atoms with van der Waals surface area (Å²) in [5.41, 5.74) is 8.12. The first-order chi connectivity index (χ1) is 12.7. The van der Waals surface area contributed by atoms with Gasteiger partial charge in [-0.2, -0.15) is 0 Å². The number of nitrogens with zero attached hydrogens (tertiary/aromatic N) is 2. The second kappa shape index (κ2) is 7.60. The molecule has 1 aromatic carbocycles. The first-order valence-electron chi connectivity index (χ1n) is 9.51. The minimum Gasteiger partial charge on any atom is -0.355 e. The summed E-state index contributed by atoms with van der Waals surface area (Å²) in [5.74, 6) is 1.10. The summed E-state index contributed by atoms with van der Waals surface area (Å²) in [6.07, 6.45) is 6.33. The van der Waals surface area contributed by atoms with Crippen LogP contribution in [-0.4, -0.2) is 41.6 Å². The van der Waals surface area contributed by atoms with Crippen LogP contribution in [0.5, 0.6) is 0 Å². The Labute approximate surface area is 153 Å². The number of rotatable bonds is 4. The van der Waals surface area contributed by atoms with Crippen LogP contribution in [0, 0.1) is 5.92 Å². The second-order valence-corrected chi connectivity index (χ2v) is 7.43. The maximum absolute atomic E-state index is 12.8. The fourth-order valence-corrected chi connectivity index (χ4v) is 4.19. The normalized spacial score (nSPS) is 25.5. The molecule has 6 nitrogen and oxygen atoms in total. The zero-order chi connectivity index (χ0) is 17.9. The molecule has 1 saturated heterocycles. The lowest BCUT2D eigenvalue weighted by Crippen LogP contribution is -2.43. The van der Waals surface area contributed by atoms with Gasteiger partial charge in [-0.15, -0.1) is 0 Å². The largest absolute Gasteiger partial charge is 0.355 e. The zero-order valence-electron chi connectivity index (χ0n) is 15.1. The highest BCUT2D eigenvalue weighted by molar-refractivity contribution is 5.93. The predicted molar refractivity (Wildman–Crippen MR) is 99.3 cm³/mol. The van der Waals surface area contributed by atoms with Crippen molar-refractivity contribution in [1.29, 1.82) is 0 Å². The lowest BCUT2D eigenvalue weighted by atomic mass is 9.90. The summed E-state index contributed by atoms with van der Waals surface area (Å²) in [6.45, 7) is 0.667. The summed E-state index contributed by atoms with van der Waals surface area (Å²) >= 11 is 0. The molecule has 0 bridgehead atoms. The van der Waals surface area contributed by atoms with Crippen molar-refractivity contribution in [2.75, 3.05) is 13.6 Å². The van der Waals surface area contributed by atoms with E-state index in [-0.39, 0.29) is 11.9 Å². The van der Waals surface area contributed by atoms with E-state index in [2.05, 4.69) is 16.0 Å². The van der Waals surface area contributed by atoms with Crippen LogP contribution in [0.2, 0.25) is 0 Å². The third kappa shape index (κ3) is 3.52. The number of hydrogen-bond acceptors (Lipinski definition) is 5. The van der Waals surface area contributed by atoms with E-state index in [4.69, 9.17) is 4.52 Å². The zero-order valence-corrected chi connectivity index (χ0v) is 15.1. The summed E-state index contributed by atoms with van der Waals surface area (Å²) in [6, 6.07) is 12.3. The highest BCUT2D eigenvalue weighted by atomic mass is 16.5. The Kier molecular flexibility index (Phi) is 5.04. The monoisotopic (exact) mass is 354 g/mol. The van der Waals surface area contributed by atoms with Crippen molar-refractivity contribution < 1.29 is 9.32 Å². The number of hydrazine groups is 1. The molecule has 0 spiro atoms. The van der Waals surface area contributed by atoms with Crippen LogP contribution in [0.25, 0.3) is 11.3 Å². The average Bonchev–Trinajstić information content (AvgIpc) is 3.23. The number of amides is 1. The molecule has 3 unspecified atom stereocenters. The fourth-order valence-electron chi connectivity index (χ4n) is 4.19. The Morgan fingerprint density at radius 3 is 2.85 bits per heavy atom. The molecule has 2 fully saturated rings. The number of fused-ring (bicyclic) bond motifs is 1. The van der Waals surface area contributed by atoms with Crippen LogP contribution in [0.3, 0.4) is 0 Å². The molecular weight excluding hydrogens is 328 g/mol. The van der Waals surface area contributed by atoms with E-state index >= 15 is 0 Å². The number of hydrogen-bond donors (Lipinski definition) is 2. The van der Waals surface area contributed by atoms with Crippen molar-refractivity contribution in [3.63, 3.8) is 0 Å². The van der Waals surface area contributed by atoms with Gasteiger partial charge in [-0.05, 0) is 18.8 Å². The number of benzene rings is 1. The Morgan fingerprint density at radius 2 is 2.00 bits per heavy atom. The Morgan fingerprint density at radius 1 is 1.19 bits per heavy atom. The third-order valence-corrected chi connectivity index (χ3v) is 5.65. The number of likely N-dealkylation sites (N-methyl/N-ethyl adjacent to an activating group) is 1. The molecule has 1 aliphatic heterocycles. The molecule has 1 amide bonds.